The lowest BCUT2D eigenvalue weighted by molar-refractivity contribution is 0.0951. The second kappa shape index (κ2) is 9.26. The Hall–Kier alpha value is -2.26. The van der Waals surface area contributed by atoms with Crippen LogP contribution in [0.5, 0.6) is 0 Å². The van der Waals surface area contributed by atoms with Crippen LogP contribution in [0.25, 0.3) is 4.83 Å². The van der Waals surface area contributed by atoms with Crippen molar-refractivity contribution in [1.82, 2.24) is 19.9 Å². The lowest BCUT2D eigenvalue weighted by Gasteiger charge is -2.17. The minimum absolute atomic E-state index is 0.191. The molecular formula is C21H26BrN5O2S. The van der Waals surface area contributed by atoms with Crippen molar-refractivity contribution < 1.29 is 9.59 Å². The Morgan fingerprint density at radius 2 is 1.97 bits per heavy atom. The second-order valence-corrected chi connectivity index (χ2v) is 10.8. The van der Waals surface area contributed by atoms with E-state index in [0.29, 0.717) is 34.5 Å². The van der Waals surface area contributed by atoms with E-state index in [-0.39, 0.29) is 11.8 Å². The maximum Gasteiger partial charge on any atom is 0.260 e. The Bertz CT molecular complexity index is 1070. The van der Waals surface area contributed by atoms with Crippen LogP contribution in [0.4, 0.5) is 5.69 Å². The summed E-state index contributed by atoms with van der Waals surface area (Å²) in [5.41, 5.74) is 2.35. The van der Waals surface area contributed by atoms with Crippen molar-refractivity contribution in [1.29, 1.82) is 0 Å². The van der Waals surface area contributed by atoms with Crippen molar-refractivity contribution in [2.24, 2.45) is 5.41 Å². The number of anilines is 1. The summed E-state index contributed by atoms with van der Waals surface area (Å²) in [6.45, 7) is 9.05. The molecule has 0 aliphatic rings. The highest BCUT2D eigenvalue weighted by Crippen LogP contribution is 2.26. The number of fused-ring (bicyclic) bond motifs is 1. The highest BCUT2D eigenvalue weighted by molar-refractivity contribution is 9.11. The maximum atomic E-state index is 12.8. The number of nitrogens with zero attached hydrogens (tertiary/aromatic N) is 3. The molecule has 0 aliphatic heterocycles. The van der Waals surface area contributed by atoms with Crippen molar-refractivity contribution >= 4 is 49.6 Å². The van der Waals surface area contributed by atoms with Gasteiger partial charge >= 0.3 is 0 Å². The third-order valence-corrected chi connectivity index (χ3v) is 6.24. The molecule has 2 N–H and O–H groups in total. The van der Waals surface area contributed by atoms with Crippen LogP contribution in [0, 0.1) is 12.3 Å². The van der Waals surface area contributed by atoms with Gasteiger partial charge in [0.1, 0.15) is 4.83 Å². The van der Waals surface area contributed by atoms with E-state index >= 15 is 0 Å². The number of amides is 2. The Balaban J connectivity index is 1.63. The first-order valence-electron chi connectivity index (χ1n) is 9.83. The lowest BCUT2D eigenvalue weighted by atomic mass is 9.90. The summed E-state index contributed by atoms with van der Waals surface area (Å²) in [5.74, 6) is -0.479. The molecule has 0 bridgehead atoms. The number of hydrogen-bond donors (Lipinski definition) is 2. The number of hydrogen-bond acceptors (Lipinski definition) is 5. The van der Waals surface area contributed by atoms with Gasteiger partial charge in [0.2, 0.25) is 0 Å². The van der Waals surface area contributed by atoms with Crippen LogP contribution in [0.1, 0.15) is 66.4 Å². The predicted octanol–water partition coefficient (Wildman–Crippen LogP) is 5.06. The number of carbonyl (C=O) groups excluding carboxylic acids is 2. The van der Waals surface area contributed by atoms with Gasteiger partial charge in [0, 0.05) is 12.7 Å². The van der Waals surface area contributed by atoms with Crippen LogP contribution >= 0.6 is 27.3 Å². The summed E-state index contributed by atoms with van der Waals surface area (Å²) in [6, 6.07) is 1.66. The standard InChI is InChI=1S/C21H26BrN5O2S/c1-13-16(26-19(29)15-11-25-27-12-17(22)30-20(15)27)9-14(10-24-13)18(28)23-8-6-5-7-21(2,3)4/h9-12H,5-8H2,1-4H3,(H,23,28)(H,26,29). The quantitative estimate of drug-likeness (QED) is 0.452. The van der Waals surface area contributed by atoms with Gasteiger partial charge in [-0.05, 0) is 47.2 Å². The van der Waals surface area contributed by atoms with E-state index in [0.717, 1.165) is 27.9 Å². The van der Waals surface area contributed by atoms with Gasteiger partial charge in [-0.1, -0.05) is 27.2 Å². The van der Waals surface area contributed by atoms with Crippen molar-refractivity contribution in [3.63, 3.8) is 0 Å². The first-order valence-corrected chi connectivity index (χ1v) is 11.4. The number of carbonyl (C=O) groups is 2. The van der Waals surface area contributed by atoms with Gasteiger partial charge in [-0.2, -0.15) is 5.10 Å². The molecule has 0 fully saturated rings. The topological polar surface area (TPSA) is 88.4 Å². The van der Waals surface area contributed by atoms with Crippen molar-refractivity contribution in [2.45, 2.75) is 47.0 Å². The average Bonchev–Trinajstić information content (AvgIpc) is 3.20. The van der Waals surface area contributed by atoms with Crippen LogP contribution in [0.3, 0.4) is 0 Å². The van der Waals surface area contributed by atoms with Gasteiger partial charge in [0.15, 0.2) is 0 Å². The van der Waals surface area contributed by atoms with Crippen LogP contribution in [0.2, 0.25) is 0 Å². The van der Waals surface area contributed by atoms with Crippen molar-refractivity contribution in [3.8, 4) is 0 Å². The molecule has 3 heterocycles. The van der Waals surface area contributed by atoms with E-state index in [1.807, 2.05) is 0 Å². The number of unbranched alkanes of at least 4 members (excludes halogenated alkanes) is 1. The van der Waals surface area contributed by atoms with E-state index in [1.165, 1.54) is 23.7 Å². The monoisotopic (exact) mass is 491 g/mol. The van der Waals surface area contributed by atoms with Gasteiger partial charge in [-0.3, -0.25) is 14.6 Å². The average molecular weight is 492 g/mol. The van der Waals surface area contributed by atoms with Gasteiger partial charge in [-0.15, -0.1) is 11.3 Å². The Kier molecular flexibility index (Phi) is 6.92. The van der Waals surface area contributed by atoms with Gasteiger partial charge in [0.05, 0.1) is 38.7 Å². The zero-order chi connectivity index (χ0) is 21.9. The van der Waals surface area contributed by atoms with E-state index in [9.17, 15) is 9.59 Å². The Labute approximate surface area is 188 Å². The Morgan fingerprint density at radius 3 is 2.70 bits per heavy atom. The third-order valence-electron chi connectivity index (χ3n) is 4.65. The molecule has 160 valence electrons. The summed E-state index contributed by atoms with van der Waals surface area (Å²) in [4.78, 5) is 30.3. The molecule has 0 spiro atoms. The smallest absolute Gasteiger partial charge is 0.260 e. The minimum Gasteiger partial charge on any atom is -0.352 e. The second-order valence-electron chi connectivity index (χ2n) is 8.43. The molecule has 3 rings (SSSR count). The van der Waals surface area contributed by atoms with Crippen LogP contribution in [-0.2, 0) is 0 Å². The molecule has 0 radical (unpaired) electrons. The largest absolute Gasteiger partial charge is 0.352 e. The summed E-state index contributed by atoms with van der Waals surface area (Å²) in [6.07, 6.45) is 7.98. The molecule has 0 saturated heterocycles. The number of halogens is 1. The molecule has 0 unspecified atom stereocenters. The fourth-order valence-corrected chi connectivity index (χ4v) is 4.41. The highest BCUT2D eigenvalue weighted by atomic mass is 79.9. The molecule has 7 nitrogen and oxygen atoms in total. The summed E-state index contributed by atoms with van der Waals surface area (Å²) < 4.78 is 2.54. The molecule has 0 aromatic carbocycles. The summed E-state index contributed by atoms with van der Waals surface area (Å²) in [7, 11) is 0. The number of aromatic nitrogens is 3. The number of aryl methyl sites for hydroxylation is 1. The van der Waals surface area contributed by atoms with E-state index < -0.39 is 0 Å². The molecule has 0 saturated carbocycles. The van der Waals surface area contributed by atoms with Gasteiger partial charge in [-0.25, -0.2) is 4.52 Å². The van der Waals surface area contributed by atoms with Gasteiger partial charge in [0.25, 0.3) is 11.8 Å². The zero-order valence-corrected chi connectivity index (χ0v) is 20.0. The first kappa shape index (κ1) is 22.4. The summed E-state index contributed by atoms with van der Waals surface area (Å²) in [5, 5.41) is 9.98. The number of rotatable bonds is 7. The maximum absolute atomic E-state index is 12.8. The Morgan fingerprint density at radius 1 is 1.20 bits per heavy atom. The van der Waals surface area contributed by atoms with Crippen molar-refractivity contribution in [2.75, 3.05) is 11.9 Å². The minimum atomic E-state index is -0.288. The molecule has 30 heavy (non-hydrogen) atoms. The summed E-state index contributed by atoms with van der Waals surface area (Å²) >= 11 is 4.83. The number of nitrogens with one attached hydrogen (secondary N) is 2. The van der Waals surface area contributed by atoms with Crippen LogP contribution in [-0.4, -0.2) is 33.0 Å². The highest BCUT2D eigenvalue weighted by Gasteiger charge is 2.17. The van der Waals surface area contributed by atoms with E-state index in [4.69, 9.17) is 0 Å². The number of thiazole rings is 1. The lowest BCUT2D eigenvalue weighted by Crippen LogP contribution is -2.25. The van der Waals surface area contributed by atoms with Crippen LogP contribution in [0.15, 0.2) is 28.4 Å². The third kappa shape index (κ3) is 5.66. The predicted molar refractivity (Wildman–Crippen MR) is 123 cm³/mol. The molecule has 3 aromatic rings. The number of pyridine rings is 1. The first-order chi connectivity index (χ1) is 14.1. The molecule has 0 atom stereocenters. The molecule has 9 heteroatoms. The van der Waals surface area contributed by atoms with E-state index in [1.54, 1.807) is 23.7 Å². The van der Waals surface area contributed by atoms with Crippen LogP contribution < -0.4 is 10.6 Å². The van der Waals surface area contributed by atoms with Crippen molar-refractivity contribution in [3.05, 3.63) is 45.3 Å². The molecular weight excluding hydrogens is 466 g/mol. The molecule has 0 aliphatic carbocycles. The van der Waals surface area contributed by atoms with E-state index in [2.05, 4.69) is 57.4 Å². The SMILES string of the molecule is Cc1ncc(C(=O)NCCCCC(C)(C)C)cc1NC(=O)c1cnn2cc(Br)sc12. The molecule has 3 aromatic heterocycles. The molecule has 2 amide bonds. The van der Waals surface area contributed by atoms with Gasteiger partial charge < -0.3 is 10.6 Å². The normalized spacial score (nSPS) is 11.6. The fourth-order valence-electron chi connectivity index (χ4n) is 2.97. The fraction of sp³-hybridized carbons (Fsp3) is 0.429. The zero-order valence-electron chi connectivity index (χ0n) is 17.6.